The second-order valence-corrected chi connectivity index (χ2v) is 8.57. The lowest BCUT2D eigenvalue weighted by atomic mass is 10.0. The number of cyclic esters (lactones) is 2. The van der Waals surface area contributed by atoms with Gasteiger partial charge in [0.15, 0.2) is 5.57 Å². The molecule has 3 rings (SSSR count). The number of nitrogens with zero attached hydrogens (tertiary/aromatic N) is 1. The van der Waals surface area contributed by atoms with Crippen molar-refractivity contribution in [1.29, 1.82) is 0 Å². The van der Waals surface area contributed by atoms with Crippen molar-refractivity contribution in [2.24, 2.45) is 0 Å². The van der Waals surface area contributed by atoms with Crippen molar-refractivity contribution in [2.75, 3.05) is 22.4 Å². The van der Waals surface area contributed by atoms with Crippen LogP contribution in [-0.2, 0) is 35.5 Å². The number of ether oxygens (including phenoxy) is 2. The van der Waals surface area contributed by atoms with Crippen LogP contribution in [-0.4, -0.2) is 38.9 Å². The van der Waals surface area contributed by atoms with Gasteiger partial charge < -0.3 is 14.8 Å². The minimum Gasteiger partial charge on any atom is -0.419 e. The average Bonchev–Trinajstić information content (AvgIpc) is 2.51. The molecule has 1 fully saturated rings. The highest BCUT2D eigenvalue weighted by molar-refractivity contribution is 7.92. The van der Waals surface area contributed by atoms with Gasteiger partial charge in [-0.1, -0.05) is 6.07 Å². The Hall–Kier alpha value is -2.55. The van der Waals surface area contributed by atoms with Gasteiger partial charge >= 0.3 is 11.9 Å². The van der Waals surface area contributed by atoms with Crippen LogP contribution in [0.3, 0.4) is 0 Å². The van der Waals surface area contributed by atoms with Gasteiger partial charge in [-0.3, -0.25) is 4.31 Å². The molecule has 8 nitrogen and oxygen atoms in total. The normalized spacial score (nSPS) is 19.3. The first-order chi connectivity index (χ1) is 12.1. The third-order valence-electron chi connectivity index (χ3n) is 4.06. The molecule has 0 amide bonds. The maximum atomic E-state index is 12.0. The third-order valence-corrected chi connectivity index (χ3v) is 5.24. The van der Waals surface area contributed by atoms with Crippen molar-refractivity contribution < 1.29 is 27.5 Å². The van der Waals surface area contributed by atoms with Crippen LogP contribution < -0.4 is 9.62 Å². The fourth-order valence-electron chi connectivity index (χ4n) is 2.91. The summed E-state index contributed by atoms with van der Waals surface area (Å²) in [4.78, 5) is 23.9. The van der Waals surface area contributed by atoms with Crippen molar-refractivity contribution >= 4 is 33.3 Å². The largest absolute Gasteiger partial charge is 0.419 e. The monoisotopic (exact) mass is 380 g/mol. The summed E-state index contributed by atoms with van der Waals surface area (Å²) in [6.07, 6.45) is 3.91. The second-order valence-electron chi connectivity index (χ2n) is 6.66. The number of rotatable bonds is 3. The van der Waals surface area contributed by atoms with E-state index in [-0.39, 0.29) is 5.57 Å². The third kappa shape index (κ3) is 3.67. The zero-order valence-corrected chi connectivity index (χ0v) is 15.6. The van der Waals surface area contributed by atoms with Gasteiger partial charge in [0, 0.05) is 32.3 Å². The van der Waals surface area contributed by atoms with Crippen LogP contribution in [0.25, 0.3) is 0 Å². The number of carbonyl (C=O) groups excluding carboxylic acids is 2. The molecule has 0 bridgehead atoms. The molecule has 1 saturated heterocycles. The minimum atomic E-state index is -3.38. The Bertz CT molecular complexity index is 882. The van der Waals surface area contributed by atoms with Crippen molar-refractivity contribution in [2.45, 2.75) is 32.5 Å². The highest BCUT2D eigenvalue weighted by atomic mass is 32.2. The smallest absolute Gasteiger partial charge is 0.350 e. The molecule has 2 heterocycles. The highest BCUT2D eigenvalue weighted by Gasteiger charge is 2.39. The summed E-state index contributed by atoms with van der Waals surface area (Å²) >= 11 is 0. The van der Waals surface area contributed by atoms with Crippen LogP contribution in [0, 0.1) is 0 Å². The Morgan fingerprint density at radius 3 is 2.46 bits per heavy atom. The standard InChI is InChI=1S/C17H20N2O6S/c1-17(2)24-15(20)13(16(21)25-17)10-18-12-7-6-11-5-4-8-19(14(11)9-12)26(3,22)23/h6-7,9-10,18H,4-5,8H2,1-3H3. The van der Waals surface area contributed by atoms with E-state index in [0.29, 0.717) is 17.9 Å². The van der Waals surface area contributed by atoms with E-state index in [9.17, 15) is 18.0 Å². The molecule has 1 aromatic carbocycles. The number of fused-ring (bicyclic) bond motifs is 1. The highest BCUT2D eigenvalue weighted by Crippen LogP contribution is 2.32. The zero-order valence-electron chi connectivity index (χ0n) is 14.7. The van der Waals surface area contributed by atoms with Gasteiger partial charge in [-0.25, -0.2) is 18.0 Å². The van der Waals surface area contributed by atoms with Crippen LogP contribution in [0.5, 0.6) is 0 Å². The number of aryl methyl sites for hydroxylation is 1. The Morgan fingerprint density at radius 2 is 1.85 bits per heavy atom. The van der Waals surface area contributed by atoms with Crippen molar-refractivity contribution in [3.05, 3.63) is 35.5 Å². The van der Waals surface area contributed by atoms with Crippen LogP contribution in [0.4, 0.5) is 11.4 Å². The Labute approximate surface area is 151 Å². The maximum Gasteiger partial charge on any atom is 0.350 e. The first kappa shape index (κ1) is 18.2. The number of hydrogen-bond donors (Lipinski definition) is 1. The fraction of sp³-hybridized carbons (Fsp3) is 0.412. The van der Waals surface area contributed by atoms with Crippen LogP contribution in [0.2, 0.25) is 0 Å². The summed E-state index contributed by atoms with van der Waals surface area (Å²) in [7, 11) is -3.38. The quantitative estimate of drug-likeness (QED) is 0.482. The Morgan fingerprint density at radius 1 is 1.19 bits per heavy atom. The second kappa shape index (κ2) is 6.31. The van der Waals surface area contributed by atoms with E-state index in [1.807, 2.05) is 6.07 Å². The van der Waals surface area contributed by atoms with Crippen LogP contribution >= 0.6 is 0 Å². The predicted molar refractivity (Wildman–Crippen MR) is 94.9 cm³/mol. The van der Waals surface area contributed by atoms with E-state index < -0.39 is 27.7 Å². The van der Waals surface area contributed by atoms with Gasteiger partial charge in [0.1, 0.15) is 0 Å². The van der Waals surface area contributed by atoms with Crippen LogP contribution in [0.15, 0.2) is 30.0 Å². The van der Waals surface area contributed by atoms with E-state index in [4.69, 9.17) is 9.47 Å². The van der Waals surface area contributed by atoms with Gasteiger partial charge in [-0.2, -0.15) is 0 Å². The summed E-state index contributed by atoms with van der Waals surface area (Å²) in [6.45, 7) is 3.36. The number of carbonyl (C=O) groups is 2. The number of sulfonamides is 1. The van der Waals surface area contributed by atoms with Crippen LogP contribution in [0.1, 0.15) is 25.8 Å². The molecule has 0 aliphatic carbocycles. The molecule has 0 saturated carbocycles. The van der Waals surface area contributed by atoms with E-state index >= 15 is 0 Å². The topological polar surface area (TPSA) is 102 Å². The molecule has 9 heteroatoms. The predicted octanol–water partition coefficient (Wildman–Crippen LogP) is 1.53. The summed E-state index contributed by atoms with van der Waals surface area (Å²) in [5.74, 6) is -2.86. The van der Waals surface area contributed by atoms with E-state index in [2.05, 4.69) is 5.32 Å². The first-order valence-electron chi connectivity index (χ1n) is 8.11. The zero-order chi connectivity index (χ0) is 19.1. The lowest BCUT2D eigenvalue weighted by Gasteiger charge is -2.30. The lowest BCUT2D eigenvalue weighted by Crippen LogP contribution is -2.42. The number of esters is 2. The lowest BCUT2D eigenvalue weighted by molar-refractivity contribution is -0.222. The number of hydrogen-bond acceptors (Lipinski definition) is 7. The van der Waals surface area contributed by atoms with Crippen molar-refractivity contribution in [3.8, 4) is 0 Å². The molecule has 26 heavy (non-hydrogen) atoms. The number of nitrogens with one attached hydrogen (secondary N) is 1. The molecular weight excluding hydrogens is 360 g/mol. The molecule has 0 unspecified atom stereocenters. The Balaban J connectivity index is 1.86. The molecule has 140 valence electrons. The number of anilines is 2. The molecule has 0 atom stereocenters. The molecule has 0 radical (unpaired) electrons. The summed E-state index contributed by atoms with van der Waals surface area (Å²) in [5, 5.41) is 2.84. The minimum absolute atomic E-state index is 0.262. The van der Waals surface area contributed by atoms with E-state index in [0.717, 1.165) is 18.4 Å². The molecular formula is C17H20N2O6S. The molecule has 1 aromatic rings. The molecule has 1 N–H and O–H groups in total. The molecule has 0 spiro atoms. The molecule has 2 aliphatic heterocycles. The van der Waals surface area contributed by atoms with Gasteiger partial charge in [-0.15, -0.1) is 0 Å². The number of benzene rings is 1. The fourth-order valence-corrected chi connectivity index (χ4v) is 3.90. The van der Waals surface area contributed by atoms with Gasteiger partial charge in [-0.05, 0) is 30.5 Å². The average molecular weight is 380 g/mol. The van der Waals surface area contributed by atoms with Crippen molar-refractivity contribution in [3.63, 3.8) is 0 Å². The van der Waals surface area contributed by atoms with Gasteiger partial charge in [0.05, 0.1) is 11.9 Å². The van der Waals surface area contributed by atoms with E-state index in [1.165, 1.54) is 30.6 Å². The first-order valence-corrected chi connectivity index (χ1v) is 9.96. The molecule has 2 aliphatic rings. The van der Waals surface area contributed by atoms with Crippen molar-refractivity contribution in [1.82, 2.24) is 0 Å². The van der Waals surface area contributed by atoms with Gasteiger partial charge in [0.2, 0.25) is 10.0 Å². The summed E-state index contributed by atoms with van der Waals surface area (Å²) < 4.78 is 35.4. The summed E-state index contributed by atoms with van der Waals surface area (Å²) in [6, 6.07) is 5.26. The maximum absolute atomic E-state index is 12.0. The van der Waals surface area contributed by atoms with E-state index in [1.54, 1.807) is 12.1 Å². The SMILES string of the molecule is CC1(C)OC(=O)C(=CNc2ccc3c(c2)N(S(C)(=O)=O)CCC3)C(=O)O1. The summed E-state index contributed by atoms with van der Waals surface area (Å²) in [5.41, 5.74) is 1.80. The van der Waals surface area contributed by atoms with Gasteiger partial charge in [0.25, 0.3) is 5.79 Å². The Kier molecular flexibility index (Phi) is 4.43. The molecule has 0 aromatic heterocycles.